The fraction of sp³-hybridized carbons (Fsp3) is 0.235. The summed E-state index contributed by atoms with van der Waals surface area (Å²) >= 11 is 6.55. The zero-order valence-corrected chi connectivity index (χ0v) is 17.2. The van der Waals surface area contributed by atoms with E-state index in [1.54, 1.807) is 41.3 Å². The van der Waals surface area contributed by atoms with Crippen LogP contribution in [0, 0.1) is 0 Å². The molecule has 0 saturated carbocycles. The van der Waals surface area contributed by atoms with Crippen molar-refractivity contribution in [1.29, 1.82) is 0 Å². The van der Waals surface area contributed by atoms with Gasteiger partial charge >= 0.3 is 0 Å². The van der Waals surface area contributed by atoms with Gasteiger partial charge < -0.3 is 4.90 Å². The Bertz CT molecular complexity index is 910. The van der Waals surface area contributed by atoms with Crippen LogP contribution in [-0.4, -0.2) is 32.3 Å². The lowest BCUT2D eigenvalue weighted by Crippen LogP contribution is -2.28. The number of anilines is 1. The number of carbonyl (C=O) groups excluding carboxylic acids is 1. The lowest BCUT2D eigenvalue weighted by molar-refractivity contribution is 0.0794. The summed E-state index contributed by atoms with van der Waals surface area (Å²) in [6.45, 7) is 1.41. The van der Waals surface area contributed by atoms with Crippen molar-refractivity contribution in [3.63, 3.8) is 0 Å². The molecule has 1 N–H and O–H groups in total. The first-order chi connectivity index (χ1) is 11.9. The van der Waals surface area contributed by atoms with Gasteiger partial charge in [0.15, 0.2) is 0 Å². The van der Waals surface area contributed by atoms with E-state index in [1.807, 2.05) is 0 Å². The number of hydrogen-bond donors (Lipinski definition) is 1. The van der Waals surface area contributed by atoms with Gasteiger partial charge in [-0.1, -0.05) is 28.1 Å². The Hall–Kier alpha value is -1.38. The number of nitrogens with one attached hydrogen (secondary N) is 1. The van der Waals surface area contributed by atoms with Crippen molar-refractivity contribution in [2.75, 3.05) is 17.8 Å². The molecule has 1 heterocycles. The Kier molecular flexibility index (Phi) is 5.50. The first kappa shape index (κ1) is 18.4. The molecule has 8 heteroatoms. The van der Waals surface area contributed by atoms with Gasteiger partial charge in [-0.3, -0.25) is 9.52 Å². The van der Waals surface area contributed by atoms with E-state index >= 15 is 0 Å². The fourth-order valence-electron chi connectivity index (χ4n) is 2.73. The molecule has 0 aliphatic carbocycles. The monoisotopic (exact) mass is 486 g/mol. The van der Waals surface area contributed by atoms with Crippen molar-refractivity contribution in [3.8, 4) is 0 Å². The van der Waals surface area contributed by atoms with E-state index in [1.165, 1.54) is 6.07 Å². The van der Waals surface area contributed by atoms with Crippen LogP contribution in [0.4, 0.5) is 5.69 Å². The number of rotatable bonds is 4. The van der Waals surface area contributed by atoms with E-state index in [2.05, 4.69) is 36.6 Å². The van der Waals surface area contributed by atoms with Crippen LogP contribution in [0.25, 0.3) is 0 Å². The summed E-state index contributed by atoms with van der Waals surface area (Å²) in [5.74, 6) is -0.149. The first-order valence-corrected chi connectivity index (χ1v) is 10.8. The minimum absolute atomic E-state index is 0.102. The van der Waals surface area contributed by atoms with E-state index in [9.17, 15) is 13.2 Å². The molecule has 132 valence electrons. The second-order valence-corrected chi connectivity index (χ2v) is 9.15. The molecule has 0 bridgehead atoms. The van der Waals surface area contributed by atoms with Gasteiger partial charge in [0.2, 0.25) is 0 Å². The standard InChI is InChI=1S/C17H16Br2N2O3S/c18-12-7-8-14(19)16(11-12)25(23,24)20-15-6-2-1-5-13(15)17(22)21-9-3-4-10-21/h1-2,5-8,11,20H,3-4,9-10H2. The minimum Gasteiger partial charge on any atom is -0.339 e. The Labute approximate surface area is 163 Å². The van der Waals surface area contributed by atoms with Gasteiger partial charge in [-0.2, -0.15) is 0 Å². The minimum atomic E-state index is -3.84. The van der Waals surface area contributed by atoms with E-state index in [0.29, 0.717) is 27.6 Å². The molecule has 0 spiro atoms. The molecular formula is C17H16Br2N2O3S. The highest BCUT2D eigenvalue weighted by Gasteiger charge is 2.25. The summed E-state index contributed by atoms with van der Waals surface area (Å²) in [4.78, 5) is 14.5. The van der Waals surface area contributed by atoms with Crippen molar-refractivity contribution in [2.24, 2.45) is 0 Å². The average Bonchev–Trinajstić information content (AvgIpc) is 3.11. The predicted octanol–water partition coefficient (Wildman–Crippen LogP) is 4.25. The van der Waals surface area contributed by atoms with Crippen LogP contribution in [0.3, 0.4) is 0 Å². The number of likely N-dealkylation sites (tertiary alicyclic amines) is 1. The van der Waals surface area contributed by atoms with Crippen molar-refractivity contribution in [2.45, 2.75) is 17.7 Å². The Balaban J connectivity index is 1.95. The van der Waals surface area contributed by atoms with Crippen LogP contribution in [0.2, 0.25) is 0 Å². The highest BCUT2D eigenvalue weighted by atomic mass is 79.9. The fourth-order valence-corrected chi connectivity index (χ4v) is 5.31. The summed E-state index contributed by atoms with van der Waals surface area (Å²) in [7, 11) is -3.84. The maximum atomic E-state index is 12.8. The zero-order valence-electron chi connectivity index (χ0n) is 13.2. The normalized spacial score (nSPS) is 14.6. The molecular weight excluding hydrogens is 472 g/mol. The van der Waals surface area contributed by atoms with Crippen LogP contribution in [0.5, 0.6) is 0 Å². The third-order valence-corrected chi connectivity index (χ3v) is 6.83. The molecule has 1 aliphatic heterocycles. The number of amides is 1. The molecule has 2 aromatic rings. The second-order valence-electron chi connectivity index (χ2n) is 5.73. The molecule has 1 saturated heterocycles. The molecule has 0 radical (unpaired) electrons. The Morgan fingerprint density at radius 1 is 1.04 bits per heavy atom. The average molecular weight is 488 g/mol. The van der Waals surface area contributed by atoms with Gasteiger partial charge in [-0.25, -0.2) is 8.42 Å². The summed E-state index contributed by atoms with van der Waals surface area (Å²) in [5.41, 5.74) is 0.644. The zero-order chi connectivity index (χ0) is 18.0. The molecule has 2 aromatic carbocycles. The SMILES string of the molecule is O=C(c1ccccc1NS(=O)(=O)c1cc(Br)ccc1Br)N1CCCC1. The molecule has 5 nitrogen and oxygen atoms in total. The molecule has 25 heavy (non-hydrogen) atoms. The molecule has 1 amide bonds. The van der Waals surface area contributed by atoms with Crippen molar-refractivity contribution in [1.82, 2.24) is 4.90 Å². The molecule has 3 rings (SSSR count). The highest BCUT2D eigenvalue weighted by molar-refractivity contribution is 9.11. The van der Waals surface area contributed by atoms with Crippen LogP contribution in [0.1, 0.15) is 23.2 Å². The smallest absolute Gasteiger partial charge is 0.263 e. The Morgan fingerprint density at radius 2 is 1.72 bits per heavy atom. The number of sulfonamides is 1. The van der Waals surface area contributed by atoms with Crippen LogP contribution in [-0.2, 0) is 10.0 Å². The third-order valence-electron chi connectivity index (χ3n) is 3.98. The van der Waals surface area contributed by atoms with Crippen LogP contribution in [0.15, 0.2) is 56.3 Å². The van der Waals surface area contributed by atoms with Crippen molar-refractivity contribution < 1.29 is 13.2 Å². The highest BCUT2D eigenvalue weighted by Crippen LogP contribution is 2.29. The lowest BCUT2D eigenvalue weighted by atomic mass is 10.1. The van der Waals surface area contributed by atoms with Gasteiger partial charge in [-0.15, -0.1) is 0 Å². The molecule has 0 unspecified atom stereocenters. The van der Waals surface area contributed by atoms with E-state index in [0.717, 1.165) is 12.8 Å². The number of carbonyl (C=O) groups is 1. The second kappa shape index (κ2) is 7.47. The summed E-state index contributed by atoms with van der Waals surface area (Å²) < 4.78 is 29.2. The third kappa shape index (κ3) is 4.07. The van der Waals surface area contributed by atoms with Gasteiger partial charge in [0.1, 0.15) is 4.90 Å². The van der Waals surface area contributed by atoms with Gasteiger partial charge in [-0.05, 0) is 59.1 Å². The van der Waals surface area contributed by atoms with Gasteiger partial charge in [0, 0.05) is 22.0 Å². The van der Waals surface area contributed by atoms with E-state index < -0.39 is 10.0 Å². The van der Waals surface area contributed by atoms with Gasteiger partial charge in [0.25, 0.3) is 15.9 Å². The summed E-state index contributed by atoms with van der Waals surface area (Å²) in [6, 6.07) is 11.6. The molecule has 0 aromatic heterocycles. The van der Waals surface area contributed by atoms with Crippen LogP contribution < -0.4 is 4.72 Å². The first-order valence-electron chi connectivity index (χ1n) is 7.75. The number of benzene rings is 2. The topological polar surface area (TPSA) is 66.5 Å². The number of hydrogen-bond acceptors (Lipinski definition) is 3. The molecule has 1 fully saturated rings. The van der Waals surface area contributed by atoms with E-state index in [4.69, 9.17) is 0 Å². The number of nitrogens with zero attached hydrogens (tertiary/aromatic N) is 1. The van der Waals surface area contributed by atoms with Crippen LogP contribution >= 0.6 is 31.9 Å². The maximum Gasteiger partial charge on any atom is 0.263 e. The number of halogens is 2. The maximum absolute atomic E-state index is 12.8. The van der Waals surface area contributed by atoms with Crippen molar-refractivity contribution in [3.05, 3.63) is 57.0 Å². The lowest BCUT2D eigenvalue weighted by Gasteiger charge is -2.18. The molecule has 1 aliphatic rings. The summed E-state index contributed by atoms with van der Waals surface area (Å²) in [6.07, 6.45) is 1.95. The van der Waals surface area contributed by atoms with Crippen molar-refractivity contribution >= 4 is 53.5 Å². The summed E-state index contributed by atoms with van der Waals surface area (Å²) in [5, 5.41) is 0. The molecule has 0 atom stereocenters. The van der Waals surface area contributed by atoms with Gasteiger partial charge in [0.05, 0.1) is 11.3 Å². The predicted molar refractivity (Wildman–Crippen MR) is 104 cm³/mol. The number of para-hydroxylation sites is 1. The largest absolute Gasteiger partial charge is 0.339 e. The van der Waals surface area contributed by atoms with E-state index in [-0.39, 0.29) is 16.5 Å². The Morgan fingerprint density at radius 3 is 2.44 bits per heavy atom. The quantitative estimate of drug-likeness (QED) is 0.701.